The number of hydrogen-bond donors (Lipinski definition) is 1. The van der Waals surface area contributed by atoms with E-state index >= 15 is 0 Å². The largest absolute Gasteiger partial charge is 0.497 e. The van der Waals surface area contributed by atoms with Crippen LogP contribution in [-0.2, 0) is 11.2 Å². The monoisotopic (exact) mass is 303 g/mol. The number of nitrogens with one attached hydrogen (secondary N) is 1. The van der Waals surface area contributed by atoms with Gasteiger partial charge in [0.1, 0.15) is 5.75 Å². The highest BCUT2D eigenvalue weighted by Crippen LogP contribution is 2.17. The number of benzene rings is 2. The lowest BCUT2D eigenvalue weighted by Gasteiger charge is -2.15. The highest BCUT2D eigenvalue weighted by Gasteiger charge is 2.10. The van der Waals surface area contributed by atoms with Gasteiger partial charge < -0.3 is 10.1 Å². The van der Waals surface area contributed by atoms with E-state index in [2.05, 4.69) is 5.32 Å². The van der Waals surface area contributed by atoms with Gasteiger partial charge in [0.05, 0.1) is 19.6 Å². The van der Waals surface area contributed by atoms with Crippen molar-refractivity contribution in [1.82, 2.24) is 5.32 Å². The lowest BCUT2D eigenvalue weighted by Crippen LogP contribution is -2.28. The second-order valence-corrected chi connectivity index (χ2v) is 5.31. The summed E-state index contributed by atoms with van der Waals surface area (Å²) in [5.41, 5.74) is 1.94. The fraction of sp³-hybridized carbons (Fsp3) is 0.235. The first-order valence-electron chi connectivity index (χ1n) is 6.76. The number of ether oxygens (including phenoxy) is 1. The first-order valence-corrected chi connectivity index (χ1v) is 7.14. The minimum Gasteiger partial charge on any atom is -0.497 e. The second-order valence-electron chi connectivity index (χ2n) is 4.87. The predicted molar refractivity (Wildman–Crippen MR) is 84.7 cm³/mol. The quantitative estimate of drug-likeness (QED) is 0.913. The molecule has 0 aromatic heterocycles. The number of carbonyl (C=O) groups excluding carboxylic acids is 1. The molecule has 110 valence electrons. The Hall–Kier alpha value is -2.00. The normalized spacial score (nSPS) is 11.8. The van der Waals surface area contributed by atoms with Crippen LogP contribution < -0.4 is 10.1 Å². The van der Waals surface area contributed by atoms with E-state index < -0.39 is 0 Å². The third-order valence-electron chi connectivity index (χ3n) is 3.25. The lowest BCUT2D eigenvalue weighted by atomic mass is 10.1. The van der Waals surface area contributed by atoms with E-state index in [9.17, 15) is 4.79 Å². The number of methoxy groups -OCH3 is 1. The molecule has 3 nitrogen and oxygen atoms in total. The van der Waals surface area contributed by atoms with Gasteiger partial charge in [-0.1, -0.05) is 35.9 Å². The van der Waals surface area contributed by atoms with Crippen molar-refractivity contribution < 1.29 is 9.53 Å². The van der Waals surface area contributed by atoms with E-state index in [1.807, 2.05) is 43.3 Å². The average Bonchev–Trinajstić information content (AvgIpc) is 2.47. The molecule has 0 aliphatic heterocycles. The van der Waals surface area contributed by atoms with Gasteiger partial charge in [-0.2, -0.15) is 0 Å². The first-order chi connectivity index (χ1) is 10.1. The molecule has 1 amide bonds. The SMILES string of the molecule is COc1ccc([C@@H](C)NC(=O)Cc2cccc(Cl)c2)cc1. The van der Waals surface area contributed by atoms with Crippen molar-refractivity contribution in [2.45, 2.75) is 19.4 Å². The van der Waals surface area contributed by atoms with Crippen LogP contribution in [0.25, 0.3) is 0 Å². The van der Waals surface area contributed by atoms with Gasteiger partial charge in [0.25, 0.3) is 0 Å². The van der Waals surface area contributed by atoms with Crippen molar-refractivity contribution in [3.05, 3.63) is 64.7 Å². The zero-order valence-corrected chi connectivity index (χ0v) is 12.9. The van der Waals surface area contributed by atoms with E-state index in [0.29, 0.717) is 11.4 Å². The highest BCUT2D eigenvalue weighted by atomic mass is 35.5. The average molecular weight is 304 g/mol. The third-order valence-corrected chi connectivity index (χ3v) is 3.48. The summed E-state index contributed by atoms with van der Waals surface area (Å²) in [6.45, 7) is 1.96. The van der Waals surface area contributed by atoms with Crippen LogP contribution in [0.15, 0.2) is 48.5 Å². The Morgan fingerprint density at radius 3 is 2.57 bits per heavy atom. The molecular weight excluding hydrogens is 286 g/mol. The Labute approximate surface area is 129 Å². The summed E-state index contributed by atoms with van der Waals surface area (Å²) in [6.07, 6.45) is 0.320. The van der Waals surface area contributed by atoms with Crippen molar-refractivity contribution in [3.8, 4) is 5.75 Å². The molecule has 0 saturated carbocycles. The molecule has 4 heteroatoms. The van der Waals surface area contributed by atoms with Crippen molar-refractivity contribution in [2.75, 3.05) is 7.11 Å². The molecule has 21 heavy (non-hydrogen) atoms. The van der Waals surface area contributed by atoms with Gasteiger partial charge in [0.2, 0.25) is 5.91 Å². The molecule has 0 bridgehead atoms. The van der Waals surface area contributed by atoms with Crippen molar-refractivity contribution in [1.29, 1.82) is 0 Å². The molecule has 2 aromatic rings. The minimum absolute atomic E-state index is 0.0272. The number of halogens is 1. The van der Waals surface area contributed by atoms with E-state index in [-0.39, 0.29) is 11.9 Å². The molecule has 0 spiro atoms. The van der Waals surface area contributed by atoms with Crippen LogP contribution in [0.3, 0.4) is 0 Å². The Bertz CT molecular complexity index is 610. The maximum absolute atomic E-state index is 12.1. The summed E-state index contributed by atoms with van der Waals surface area (Å²) < 4.78 is 5.12. The Balaban J connectivity index is 1.95. The zero-order valence-electron chi connectivity index (χ0n) is 12.1. The van der Waals surface area contributed by atoms with Gasteiger partial charge in [-0.3, -0.25) is 4.79 Å². The van der Waals surface area contributed by atoms with E-state index in [0.717, 1.165) is 16.9 Å². The molecule has 2 rings (SSSR count). The standard InChI is InChI=1S/C17H18ClNO2/c1-12(14-6-8-16(21-2)9-7-14)19-17(20)11-13-4-3-5-15(18)10-13/h3-10,12H,11H2,1-2H3,(H,19,20)/t12-/m1/s1. The molecule has 1 atom stereocenters. The Morgan fingerprint density at radius 1 is 1.24 bits per heavy atom. The maximum atomic E-state index is 12.1. The van der Waals surface area contributed by atoms with Gasteiger partial charge in [0, 0.05) is 5.02 Å². The molecular formula is C17H18ClNO2. The Kier molecular flexibility index (Phi) is 5.23. The predicted octanol–water partition coefficient (Wildman–Crippen LogP) is 3.77. The van der Waals surface area contributed by atoms with Crippen LogP contribution in [0.1, 0.15) is 24.1 Å². The van der Waals surface area contributed by atoms with E-state index in [4.69, 9.17) is 16.3 Å². The van der Waals surface area contributed by atoms with Gasteiger partial charge in [-0.25, -0.2) is 0 Å². The number of hydrogen-bond acceptors (Lipinski definition) is 2. The molecule has 0 unspecified atom stereocenters. The van der Waals surface area contributed by atoms with Gasteiger partial charge >= 0.3 is 0 Å². The fourth-order valence-corrected chi connectivity index (χ4v) is 2.31. The molecule has 0 radical (unpaired) electrons. The van der Waals surface area contributed by atoms with Crippen molar-refractivity contribution in [3.63, 3.8) is 0 Å². The summed E-state index contributed by atoms with van der Waals surface area (Å²) in [6, 6.07) is 14.9. The highest BCUT2D eigenvalue weighted by molar-refractivity contribution is 6.30. The summed E-state index contributed by atoms with van der Waals surface area (Å²) in [5.74, 6) is 0.775. The molecule has 1 N–H and O–H groups in total. The zero-order chi connectivity index (χ0) is 15.2. The van der Waals surface area contributed by atoms with Crippen LogP contribution in [0.5, 0.6) is 5.75 Å². The summed E-state index contributed by atoms with van der Waals surface area (Å²) in [5, 5.41) is 3.62. The minimum atomic E-state index is -0.0532. The van der Waals surface area contributed by atoms with Crippen LogP contribution in [-0.4, -0.2) is 13.0 Å². The topological polar surface area (TPSA) is 38.3 Å². The summed E-state index contributed by atoms with van der Waals surface area (Å²) in [7, 11) is 1.63. The van der Waals surface area contributed by atoms with Gasteiger partial charge in [0.15, 0.2) is 0 Å². The third kappa shape index (κ3) is 4.50. The van der Waals surface area contributed by atoms with E-state index in [1.165, 1.54) is 0 Å². The maximum Gasteiger partial charge on any atom is 0.224 e. The molecule has 0 heterocycles. The number of amides is 1. The van der Waals surface area contributed by atoms with Gasteiger partial charge in [-0.15, -0.1) is 0 Å². The number of rotatable bonds is 5. The summed E-state index contributed by atoms with van der Waals surface area (Å²) in [4.78, 5) is 12.1. The fourth-order valence-electron chi connectivity index (χ4n) is 2.10. The number of carbonyl (C=O) groups is 1. The van der Waals surface area contributed by atoms with Gasteiger partial charge in [-0.05, 0) is 42.3 Å². The molecule has 2 aromatic carbocycles. The van der Waals surface area contributed by atoms with Crippen LogP contribution in [0.4, 0.5) is 0 Å². The molecule has 0 saturated heterocycles. The van der Waals surface area contributed by atoms with E-state index in [1.54, 1.807) is 19.2 Å². The smallest absolute Gasteiger partial charge is 0.224 e. The Morgan fingerprint density at radius 2 is 1.95 bits per heavy atom. The second kappa shape index (κ2) is 7.14. The lowest BCUT2D eigenvalue weighted by molar-refractivity contribution is -0.121. The van der Waals surface area contributed by atoms with Crippen molar-refractivity contribution in [2.24, 2.45) is 0 Å². The molecule has 0 aliphatic carbocycles. The van der Waals surface area contributed by atoms with Crippen LogP contribution in [0.2, 0.25) is 5.02 Å². The summed E-state index contributed by atoms with van der Waals surface area (Å²) >= 11 is 5.91. The van der Waals surface area contributed by atoms with Crippen molar-refractivity contribution >= 4 is 17.5 Å². The molecule has 0 fully saturated rings. The van der Waals surface area contributed by atoms with Crippen LogP contribution in [0, 0.1) is 0 Å². The first kappa shape index (κ1) is 15.4. The molecule has 0 aliphatic rings. The van der Waals surface area contributed by atoms with Crippen LogP contribution >= 0.6 is 11.6 Å².